The van der Waals surface area contributed by atoms with Crippen molar-refractivity contribution in [1.29, 1.82) is 0 Å². The molecule has 0 heterocycles. The molecule has 0 fully saturated rings. The summed E-state index contributed by atoms with van der Waals surface area (Å²) in [6, 6.07) is 4.15. The molecule has 1 amide bonds. The SMILES string of the molecule is CCOc1c(C(=O)NCC(O)CC)cccc1[N+](=O)[O-]. The Morgan fingerprint density at radius 3 is 2.75 bits per heavy atom. The van der Waals surface area contributed by atoms with E-state index in [4.69, 9.17) is 4.74 Å². The van der Waals surface area contributed by atoms with Crippen molar-refractivity contribution >= 4 is 11.6 Å². The van der Waals surface area contributed by atoms with E-state index < -0.39 is 16.9 Å². The fourth-order valence-corrected chi connectivity index (χ4v) is 1.59. The second kappa shape index (κ2) is 7.44. The molecule has 0 saturated carbocycles. The smallest absolute Gasteiger partial charge is 0.311 e. The van der Waals surface area contributed by atoms with Crippen molar-refractivity contribution < 1.29 is 19.6 Å². The molecular formula is C13H18N2O5. The Morgan fingerprint density at radius 1 is 1.50 bits per heavy atom. The number of nitrogens with one attached hydrogen (secondary N) is 1. The van der Waals surface area contributed by atoms with E-state index in [1.54, 1.807) is 13.8 Å². The maximum Gasteiger partial charge on any atom is 0.311 e. The van der Waals surface area contributed by atoms with Gasteiger partial charge < -0.3 is 15.2 Å². The Morgan fingerprint density at radius 2 is 2.20 bits per heavy atom. The van der Waals surface area contributed by atoms with Gasteiger partial charge in [0.25, 0.3) is 5.91 Å². The summed E-state index contributed by atoms with van der Waals surface area (Å²) < 4.78 is 5.22. The van der Waals surface area contributed by atoms with Crippen LogP contribution in [0.15, 0.2) is 18.2 Å². The van der Waals surface area contributed by atoms with Gasteiger partial charge in [-0.1, -0.05) is 13.0 Å². The number of amides is 1. The maximum absolute atomic E-state index is 12.0. The number of carbonyl (C=O) groups excluding carboxylic acids is 1. The Balaban J connectivity index is 3.01. The molecule has 1 atom stereocenters. The van der Waals surface area contributed by atoms with E-state index in [0.717, 1.165) is 0 Å². The molecule has 0 aliphatic carbocycles. The molecule has 110 valence electrons. The summed E-state index contributed by atoms with van der Waals surface area (Å²) in [5, 5.41) is 22.9. The van der Waals surface area contributed by atoms with Gasteiger partial charge in [-0.2, -0.15) is 0 Å². The van der Waals surface area contributed by atoms with Crippen LogP contribution in [0.1, 0.15) is 30.6 Å². The summed E-state index contributed by atoms with van der Waals surface area (Å²) in [5.41, 5.74) is -0.167. The lowest BCUT2D eigenvalue weighted by Crippen LogP contribution is -2.32. The van der Waals surface area contributed by atoms with Crippen LogP contribution < -0.4 is 10.1 Å². The highest BCUT2D eigenvalue weighted by Gasteiger charge is 2.23. The van der Waals surface area contributed by atoms with Gasteiger partial charge in [0.15, 0.2) is 0 Å². The summed E-state index contributed by atoms with van der Waals surface area (Å²) in [7, 11) is 0. The van der Waals surface area contributed by atoms with Crippen LogP contribution in [0, 0.1) is 10.1 Å². The number of ether oxygens (including phenoxy) is 1. The minimum absolute atomic E-state index is 0.0523. The topological polar surface area (TPSA) is 102 Å². The molecule has 0 radical (unpaired) electrons. The first-order valence-corrected chi connectivity index (χ1v) is 6.37. The predicted octanol–water partition coefficient (Wildman–Crippen LogP) is 1.49. The number of nitro groups is 1. The Hall–Kier alpha value is -2.15. The minimum atomic E-state index is -0.645. The fourth-order valence-electron chi connectivity index (χ4n) is 1.59. The summed E-state index contributed by atoms with van der Waals surface area (Å²) in [4.78, 5) is 22.4. The average Bonchev–Trinajstić information content (AvgIpc) is 2.44. The third-order valence-corrected chi connectivity index (χ3v) is 2.69. The number of aliphatic hydroxyl groups is 1. The fraction of sp³-hybridized carbons (Fsp3) is 0.462. The van der Waals surface area contributed by atoms with Crippen molar-refractivity contribution in [3.05, 3.63) is 33.9 Å². The molecule has 1 aromatic carbocycles. The van der Waals surface area contributed by atoms with Crippen molar-refractivity contribution in [2.45, 2.75) is 26.4 Å². The van der Waals surface area contributed by atoms with Crippen molar-refractivity contribution in [3.63, 3.8) is 0 Å². The number of para-hydroxylation sites is 1. The zero-order chi connectivity index (χ0) is 15.1. The van der Waals surface area contributed by atoms with Crippen molar-refractivity contribution in [1.82, 2.24) is 5.32 Å². The lowest BCUT2D eigenvalue weighted by Gasteiger charge is -2.12. The number of nitrogens with zero attached hydrogens (tertiary/aromatic N) is 1. The Kier molecular flexibility index (Phi) is 5.92. The van der Waals surface area contributed by atoms with Gasteiger partial charge in [0.2, 0.25) is 5.75 Å². The van der Waals surface area contributed by atoms with Gasteiger partial charge in [-0.25, -0.2) is 0 Å². The van der Waals surface area contributed by atoms with Crippen LogP contribution >= 0.6 is 0 Å². The van der Waals surface area contributed by atoms with E-state index in [9.17, 15) is 20.0 Å². The molecule has 0 spiro atoms. The number of carbonyl (C=O) groups is 1. The average molecular weight is 282 g/mol. The van der Waals surface area contributed by atoms with Crippen LogP contribution in [0.4, 0.5) is 5.69 Å². The minimum Gasteiger partial charge on any atom is -0.487 e. The summed E-state index contributed by atoms with van der Waals surface area (Å²) in [6.45, 7) is 3.77. The second-order valence-corrected chi connectivity index (χ2v) is 4.12. The lowest BCUT2D eigenvalue weighted by atomic mass is 10.1. The molecule has 7 heteroatoms. The van der Waals surface area contributed by atoms with Gasteiger partial charge in [0.05, 0.1) is 23.2 Å². The van der Waals surface area contributed by atoms with Crippen molar-refractivity contribution in [2.24, 2.45) is 0 Å². The van der Waals surface area contributed by atoms with Gasteiger partial charge >= 0.3 is 5.69 Å². The quantitative estimate of drug-likeness (QED) is 0.582. The van der Waals surface area contributed by atoms with Gasteiger partial charge in [0, 0.05) is 12.6 Å². The summed E-state index contributed by atoms with van der Waals surface area (Å²) >= 11 is 0. The largest absolute Gasteiger partial charge is 0.487 e. The highest BCUT2D eigenvalue weighted by atomic mass is 16.6. The molecule has 0 bridgehead atoms. The molecule has 1 unspecified atom stereocenters. The van der Waals surface area contributed by atoms with E-state index in [0.29, 0.717) is 6.42 Å². The number of hydrogen-bond acceptors (Lipinski definition) is 5. The molecule has 1 aromatic rings. The first kappa shape index (κ1) is 15.9. The summed E-state index contributed by atoms with van der Waals surface area (Å²) in [6.07, 6.45) is -0.138. The monoisotopic (exact) mass is 282 g/mol. The highest BCUT2D eigenvalue weighted by molar-refractivity contribution is 5.98. The zero-order valence-corrected chi connectivity index (χ0v) is 11.5. The molecule has 0 aromatic heterocycles. The molecule has 1 rings (SSSR count). The van der Waals surface area contributed by atoms with Crippen LogP contribution in [-0.2, 0) is 0 Å². The molecule has 0 aliphatic rings. The molecule has 2 N–H and O–H groups in total. The van der Waals surface area contributed by atoms with Crippen LogP contribution in [-0.4, -0.2) is 35.2 Å². The molecular weight excluding hydrogens is 264 g/mol. The zero-order valence-electron chi connectivity index (χ0n) is 11.5. The van der Waals surface area contributed by atoms with E-state index in [-0.39, 0.29) is 30.2 Å². The Bertz CT molecular complexity index is 490. The van der Waals surface area contributed by atoms with Crippen molar-refractivity contribution in [3.8, 4) is 5.75 Å². The van der Waals surface area contributed by atoms with E-state index >= 15 is 0 Å². The number of hydrogen-bond donors (Lipinski definition) is 2. The number of benzene rings is 1. The van der Waals surface area contributed by atoms with Gasteiger partial charge in [-0.05, 0) is 19.4 Å². The third kappa shape index (κ3) is 3.92. The van der Waals surface area contributed by atoms with Crippen molar-refractivity contribution in [2.75, 3.05) is 13.2 Å². The standard InChI is InChI=1S/C13H18N2O5/c1-3-9(16)8-14-13(17)10-6-5-7-11(15(18)19)12(10)20-4-2/h5-7,9,16H,3-4,8H2,1-2H3,(H,14,17). The molecule has 0 aliphatic heterocycles. The maximum atomic E-state index is 12.0. The number of aliphatic hydroxyl groups excluding tert-OH is 1. The first-order valence-electron chi connectivity index (χ1n) is 6.37. The van der Waals surface area contributed by atoms with E-state index in [1.807, 2.05) is 0 Å². The normalized spacial score (nSPS) is 11.8. The number of nitro benzene ring substituents is 1. The van der Waals surface area contributed by atoms with Crippen LogP contribution in [0.3, 0.4) is 0 Å². The van der Waals surface area contributed by atoms with Crippen LogP contribution in [0.25, 0.3) is 0 Å². The van der Waals surface area contributed by atoms with Gasteiger partial charge in [-0.15, -0.1) is 0 Å². The van der Waals surface area contributed by atoms with E-state index in [2.05, 4.69) is 5.32 Å². The highest BCUT2D eigenvalue weighted by Crippen LogP contribution is 2.30. The molecule has 20 heavy (non-hydrogen) atoms. The Labute approximate surface area is 116 Å². The number of rotatable bonds is 7. The van der Waals surface area contributed by atoms with Crippen LogP contribution in [0.5, 0.6) is 5.75 Å². The predicted molar refractivity (Wildman–Crippen MR) is 72.9 cm³/mol. The molecule has 0 saturated heterocycles. The first-order chi connectivity index (χ1) is 9.51. The van der Waals surface area contributed by atoms with Gasteiger partial charge in [-0.3, -0.25) is 14.9 Å². The van der Waals surface area contributed by atoms with E-state index in [1.165, 1.54) is 18.2 Å². The lowest BCUT2D eigenvalue weighted by molar-refractivity contribution is -0.385. The van der Waals surface area contributed by atoms with Gasteiger partial charge in [0.1, 0.15) is 0 Å². The molecule has 7 nitrogen and oxygen atoms in total. The third-order valence-electron chi connectivity index (χ3n) is 2.69. The second-order valence-electron chi connectivity index (χ2n) is 4.12. The van der Waals surface area contributed by atoms with Crippen LogP contribution in [0.2, 0.25) is 0 Å². The summed E-state index contributed by atoms with van der Waals surface area (Å²) in [5.74, 6) is -0.562.